The molecule has 2 aliphatic rings. The van der Waals surface area contributed by atoms with E-state index in [1.807, 2.05) is 12.3 Å². The summed E-state index contributed by atoms with van der Waals surface area (Å²) in [6, 6.07) is 4.07. The molecule has 0 saturated carbocycles. The summed E-state index contributed by atoms with van der Waals surface area (Å²) in [5, 5.41) is 6.44. The number of nitrogens with zero attached hydrogens (tertiary/aromatic N) is 2. The summed E-state index contributed by atoms with van der Waals surface area (Å²) in [4.78, 5) is 19.6. The van der Waals surface area contributed by atoms with Gasteiger partial charge in [0, 0.05) is 32.9 Å². The van der Waals surface area contributed by atoms with E-state index < -0.39 is 5.41 Å². The minimum Gasteiger partial charge on any atom is -0.384 e. The Hall–Kier alpha value is -1.66. The number of pyridine rings is 1. The Kier molecular flexibility index (Phi) is 5.68. The van der Waals surface area contributed by atoms with E-state index in [9.17, 15) is 4.79 Å². The van der Waals surface area contributed by atoms with Crippen molar-refractivity contribution in [3.63, 3.8) is 0 Å². The van der Waals surface area contributed by atoms with E-state index in [1.165, 1.54) is 12.8 Å². The highest BCUT2D eigenvalue weighted by Gasteiger charge is 2.39. The molecule has 1 aromatic rings. The van der Waals surface area contributed by atoms with Crippen molar-refractivity contribution in [1.29, 1.82) is 0 Å². The first-order chi connectivity index (χ1) is 11.7. The first-order valence-corrected chi connectivity index (χ1v) is 8.91. The molecule has 3 heterocycles. The lowest BCUT2D eigenvalue weighted by atomic mass is 9.78. The number of rotatable bonds is 6. The molecule has 6 nitrogen and oxygen atoms in total. The number of hydrogen-bond donors (Lipinski definition) is 2. The molecule has 2 N–H and O–H groups in total. The number of piperidine rings is 1. The summed E-state index contributed by atoms with van der Waals surface area (Å²) < 4.78 is 5.34. The molecular formula is C18H28N4O2. The van der Waals surface area contributed by atoms with Gasteiger partial charge in [-0.05, 0) is 56.5 Å². The van der Waals surface area contributed by atoms with Gasteiger partial charge in [-0.2, -0.15) is 0 Å². The van der Waals surface area contributed by atoms with Gasteiger partial charge < -0.3 is 20.3 Å². The van der Waals surface area contributed by atoms with Gasteiger partial charge in [-0.3, -0.25) is 4.79 Å². The largest absolute Gasteiger partial charge is 0.384 e. The number of amides is 1. The van der Waals surface area contributed by atoms with Crippen LogP contribution in [0.5, 0.6) is 0 Å². The molecular weight excluding hydrogens is 304 g/mol. The molecule has 0 aromatic carbocycles. The highest BCUT2D eigenvalue weighted by Crippen LogP contribution is 2.29. The molecule has 0 aliphatic carbocycles. The molecule has 2 fully saturated rings. The van der Waals surface area contributed by atoms with Crippen LogP contribution in [0.4, 0.5) is 5.82 Å². The molecule has 0 bridgehead atoms. The van der Waals surface area contributed by atoms with E-state index >= 15 is 0 Å². The number of carbonyl (C=O) groups excluding carboxylic acids is 1. The van der Waals surface area contributed by atoms with Crippen LogP contribution in [0.25, 0.3) is 0 Å². The van der Waals surface area contributed by atoms with Gasteiger partial charge in [0.05, 0.1) is 12.0 Å². The predicted octanol–water partition coefficient (Wildman–Crippen LogP) is 1.31. The second kappa shape index (κ2) is 7.94. The summed E-state index contributed by atoms with van der Waals surface area (Å²) in [6.07, 6.45) is 5.95. The fraction of sp³-hybridized carbons (Fsp3) is 0.667. The number of carbonyl (C=O) groups is 1. The average molecular weight is 332 g/mol. The van der Waals surface area contributed by atoms with Crippen LogP contribution in [0.2, 0.25) is 0 Å². The van der Waals surface area contributed by atoms with Crippen LogP contribution < -0.4 is 15.5 Å². The molecule has 2 aliphatic heterocycles. The quantitative estimate of drug-likeness (QED) is 0.822. The normalized spacial score (nSPS) is 20.1. The van der Waals surface area contributed by atoms with E-state index in [-0.39, 0.29) is 5.91 Å². The van der Waals surface area contributed by atoms with Gasteiger partial charge in [0.15, 0.2) is 0 Å². The lowest BCUT2D eigenvalue weighted by Crippen LogP contribution is -2.49. The number of aromatic nitrogens is 1. The summed E-state index contributed by atoms with van der Waals surface area (Å²) >= 11 is 0. The molecule has 24 heavy (non-hydrogen) atoms. The van der Waals surface area contributed by atoms with Crippen LogP contribution in [-0.2, 0) is 16.1 Å². The highest BCUT2D eigenvalue weighted by molar-refractivity contribution is 5.83. The zero-order valence-corrected chi connectivity index (χ0v) is 14.5. The Morgan fingerprint density at radius 2 is 2.12 bits per heavy atom. The average Bonchev–Trinajstić information content (AvgIpc) is 3.16. The van der Waals surface area contributed by atoms with Crippen LogP contribution in [0.3, 0.4) is 0 Å². The van der Waals surface area contributed by atoms with Crippen molar-refractivity contribution < 1.29 is 9.53 Å². The molecule has 1 aromatic heterocycles. The van der Waals surface area contributed by atoms with Crippen LogP contribution in [0.1, 0.15) is 31.2 Å². The molecule has 132 valence electrons. The van der Waals surface area contributed by atoms with Crippen molar-refractivity contribution in [2.24, 2.45) is 5.41 Å². The van der Waals surface area contributed by atoms with Gasteiger partial charge in [-0.15, -0.1) is 0 Å². The number of nitrogens with one attached hydrogen (secondary N) is 2. The van der Waals surface area contributed by atoms with Crippen LogP contribution in [0.15, 0.2) is 18.3 Å². The lowest BCUT2D eigenvalue weighted by molar-refractivity contribution is -0.136. The van der Waals surface area contributed by atoms with Crippen molar-refractivity contribution in [3.8, 4) is 0 Å². The maximum absolute atomic E-state index is 12.8. The minimum absolute atomic E-state index is 0.102. The van der Waals surface area contributed by atoms with Gasteiger partial charge >= 0.3 is 0 Å². The Balaban J connectivity index is 1.61. The zero-order chi connectivity index (χ0) is 16.8. The van der Waals surface area contributed by atoms with Crippen molar-refractivity contribution in [1.82, 2.24) is 15.6 Å². The third-order valence-electron chi connectivity index (χ3n) is 5.16. The Bertz CT molecular complexity index is 546. The van der Waals surface area contributed by atoms with Gasteiger partial charge in [-0.1, -0.05) is 0 Å². The van der Waals surface area contributed by atoms with Crippen LogP contribution >= 0.6 is 0 Å². The third kappa shape index (κ3) is 3.87. The number of hydrogen-bond acceptors (Lipinski definition) is 5. The number of methoxy groups -OCH3 is 1. The second-order valence-corrected chi connectivity index (χ2v) is 6.86. The Labute approximate surface area is 144 Å². The molecule has 0 unspecified atom stereocenters. The molecule has 1 amide bonds. The topological polar surface area (TPSA) is 66.5 Å². The maximum atomic E-state index is 12.8. The molecule has 3 rings (SSSR count). The van der Waals surface area contributed by atoms with Gasteiger partial charge in [-0.25, -0.2) is 4.98 Å². The minimum atomic E-state index is -0.398. The number of anilines is 1. The predicted molar refractivity (Wildman–Crippen MR) is 93.9 cm³/mol. The van der Waals surface area contributed by atoms with E-state index in [4.69, 9.17) is 4.74 Å². The fourth-order valence-corrected chi connectivity index (χ4v) is 3.68. The third-order valence-corrected chi connectivity index (χ3v) is 5.16. The fourth-order valence-electron chi connectivity index (χ4n) is 3.68. The molecule has 2 saturated heterocycles. The van der Waals surface area contributed by atoms with Gasteiger partial charge in [0.1, 0.15) is 5.82 Å². The highest BCUT2D eigenvalue weighted by atomic mass is 16.5. The van der Waals surface area contributed by atoms with Crippen LogP contribution in [0, 0.1) is 5.41 Å². The molecule has 0 atom stereocenters. The number of ether oxygens (including phenoxy) is 1. The summed E-state index contributed by atoms with van der Waals surface area (Å²) in [5.74, 6) is 1.12. The van der Waals surface area contributed by atoms with E-state index in [2.05, 4.69) is 26.6 Å². The van der Waals surface area contributed by atoms with Crippen molar-refractivity contribution in [2.75, 3.05) is 44.8 Å². The van der Waals surface area contributed by atoms with Crippen LogP contribution in [-0.4, -0.2) is 50.8 Å². The summed E-state index contributed by atoms with van der Waals surface area (Å²) in [5.41, 5.74) is 0.701. The lowest BCUT2D eigenvalue weighted by Gasteiger charge is -2.35. The molecule has 0 radical (unpaired) electrons. The smallest absolute Gasteiger partial charge is 0.228 e. The zero-order valence-electron chi connectivity index (χ0n) is 14.5. The monoisotopic (exact) mass is 332 g/mol. The van der Waals surface area contributed by atoms with Crippen molar-refractivity contribution >= 4 is 11.7 Å². The first kappa shape index (κ1) is 17.2. The van der Waals surface area contributed by atoms with E-state index in [0.29, 0.717) is 13.2 Å². The molecule has 6 heteroatoms. The Morgan fingerprint density at radius 3 is 2.83 bits per heavy atom. The first-order valence-electron chi connectivity index (χ1n) is 8.91. The molecule has 0 spiro atoms. The summed E-state index contributed by atoms with van der Waals surface area (Å²) in [6.45, 7) is 4.91. The van der Waals surface area contributed by atoms with E-state index in [0.717, 1.165) is 50.4 Å². The SMILES string of the molecule is COCC1(C(=O)NCc2ccnc(N3CCCC3)c2)CCNCC1. The van der Waals surface area contributed by atoms with Crippen molar-refractivity contribution in [3.05, 3.63) is 23.9 Å². The van der Waals surface area contributed by atoms with Crippen molar-refractivity contribution in [2.45, 2.75) is 32.2 Å². The summed E-state index contributed by atoms with van der Waals surface area (Å²) in [7, 11) is 1.67. The maximum Gasteiger partial charge on any atom is 0.228 e. The van der Waals surface area contributed by atoms with Gasteiger partial charge in [0.2, 0.25) is 5.91 Å². The van der Waals surface area contributed by atoms with Gasteiger partial charge in [0.25, 0.3) is 0 Å². The second-order valence-electron chi connectivity index (χ2n) is 6.86. The standard InChI is InChI=1S/C18H28N4O2/c1-24-14-18(5-8-19-9-6-18)17(23)21-13-15-4-7-20-16(12-15)22-10-2-3-11-22/h4,7,12,19H,2-3,5-6,8-11,13-14H2,1H3,(H,21,23). The Morgan fingerprint density at radius 1 is 1.38 bits per heavy atom. The van der Waals surface area contributed by atoms with E-state index in [1.54, 1.807) is 7.11 Å².